The van der Waals surface area contributed by atoms with Crippen molar-refractivity contribution in [1.82, 2.24) is 14.9 Å². The van der Waals surface area contributed by atoms with Gasteiger partial charge in [0.05, 0.1) is 18.9 Å². The molecule has 0 radical (unpaired) electrons. The molecule has 1 aromatic rings. The van der Waals surface area contributed by atoms with Gasteiger partial charge in [-0.15, -0.1) is 0 Å². The van der Waals surface area contributed by atoms with E-state index in [1.807, 2.05) is 11.8 Å². The van der Waals surface area contributed by atoms with Gasteiger partial charge in [-0.05, 0) is 45.1 Å². The molecule has 0 unspecified atom stereocenters. The number of aliphatic carboxylic acids is 1. The van der Waals surface area contributed by atoms with E-state index in [-0.39, 0.29) is 12.6 Å². The summed E-state index contributed by atoms with van der Waals surface area (Å²) in [4.78, 5) is 24.3. The average molecular weight is 362 g/mol. The van der Waals surface area contributed by atoms with Crippen LogP contribution in [-0.4, -0.2) is 64.3 Å². The Morgan fingerprint density at radius 2 is 1.96 bits per heavy atom. The maximum absolute atomic E-state index is 11.0. The van der Waals surface area contributed by atoms with E-state index < -0.39 is 5.97 Å². The Balaban J connectivity index is 1.55. The van der Waals surface area contributed by atoms with E-state index in [2.05, 4.69) is 14.9 Å². The van der Waals surface area contributed by atoms with Gasteiger partial charge in [0.2, 0.25) is 5.88 Å². The van der Waals surface area contributed by atoms with E-state index in [0.29, 0.717) is 11.9 Å². The van der Waals surface area contributed by atoms with Crippen LogP contribution in [0.1, 0.15) is 51.9 Å². The molecule has 1 aliphatic carbocycles. The summed E-state index contributed by atoms with van der Waals surface area (Å²) >= 11 is 0. The molecule has 2 aliphatic rings. The van der Waals surface area contributed by atoms with Crippen LogP contribution in [0.3, 0.4) is 0 Å². The van der Waals surface area contributed by atoms with Crippen molar-refractivity contribution in [2.45, 2.75) is 64.0 Å². The minimum atomic E-state index is -0.757. The predicted molar refractivity (Wildman–Crippen MR) is 99.7 cm³/mol. The molecule has 3 rings (SSSR count). The minimum Gasteiger partial charge on any atom is -0.480 e. The fraction of sp³-hybridized carbons (Fsp3) is 0.737. The molecule has 2 heterocycles. The van der Waals surface area contributed by atoms with Crippen molar-refractivity contribution >= 4 is 11.8 Å². The Hall–Kier alpha value is -1.89. The molecule has 0 bridgehead atoms. The predicted octanol–water partition coefficient (Wildman–Crippen LogP) is 2.56. The van der Waals surface area contributed by atoms with Gasteiger partial charge in [-0.1, -0.05) is 13.3 Å². The molecule has 2 fully saturated rings. The van der Waals surface area contributed by atoms with Crippen molar-refractivity contribution in [3.05, 3.63) is 12.4 Å². The highest BCUT2D eigenvalue weighted by molar-refractivity contribution is 5.69. The Kier molecular flexibility index (Phi) is 6.66. The van der Waals surface area contributed by atoms with Gasteiger partial charge in [0, 0.05) is 19.1 Å². The molecule has 1 aromatic heterocycles. The molecule has 1 saturated carbocycles. The number of hydrogen-bond acceptors (Lipinski definition) is 6. The zero-order chi connectivity index (χ0) is 18.4. The molecular formula is C19H30N4O3. The minimum absolute atomic E-state index is 0.117. The molecule has 1 saturated heterocycles. The maximum Gasteiger partial charge on any atom is 0.317 e. The number of nitrogens with zero attached hydrogens (tertiary/aromatic N) is 4. The summed E-state index contributed by atoms with van der Waals surface area (Å²) < 4.78 is 6.03. The lowest BCUT2D eigenvalue weighted by molar-refractivity contribution is -0.139. The Bertz CT molecular complexity index is 584. The van der Waals surface area contributed by atoms with Gasteiger partial charge in [0.1, 0.15) is 6.10 Å². The fourth-order valence-corrected chi connectivity index (χ4v) is 4.03. The van der Waals surface area contributed by atoms with Crippen molar-refractivity contribution in [3.63, 3.8) is 0 Å². The van der Waals surface area contributed by atoms with Gasteiger partial charge in [0.25, 0.3) is 0 Å². The number of piperidine rings is 1. The second kappa shape index (κ2) is 9.16. The van der Waals surface area contributed by atoms with E-state index in [1.165, 1.54) is 19.3 Å². The highest BCUT2D eigenvalue weighted by atomic mass is 16.5. The second-order valence-electron chi connectivity index (χ2n) is 7.27. The van der Waals surface area contributed by atoms with E-state index in [9.17, 15) is 4.79 Å². The molecule has 0 aromatic carbocycles. The van der Waals surface area contributed by atoms with Gasteiger partial charge in [0.15, 0.2) is 5.82 Å². The second-order valence-corrected chi connectivity index (χ2v) is 7.27. The summed E-state index contributed by atoms with van der Waals surface area (Å²) in [5.41, 5.74) is 0. The molecule has 144 valence electrons. The van der Waals surface area contributed by atoms with E-state index >= 15 is 0 Å². The fourth-order valence-electron chi connectivity index (χ4n) is 4.03. The lowest BCUT2D eigenvalue weighted by Gasteiger charge is -2.37. The van der Waals surface area contributed by atoms with Crippen LogP contribution in [0, 0.1) is 0 Å². The molecular weight excluding hydrogens is 332 g/mol. The van der Waals surface area contributed by atoms with Crippen molar-refractivity contribution in [1.29, 1.82) is 0 Å². The SMILES string of the molecule is CCN(CC(=O)O)C1CCN(c2cncc(OC3CCCCC3)n2)CC1. The number of likely N-dealkylation sites (N-methyl/N-ethyl adjacent to an activating group) is 1. The quantitative estimate of drug-likeness (QED) is 0.798. The van der Waals surface area contributed by atoms with Crippen LogP contribution < -0.4 is 9.64 Å². The summed E-state index contributed by atoms with van der Waals surface area (Å²) in [5, 5.41) is 9.06. The van der Waals surface area contributed by atoms with Crippen LogP contribution in [0.25, 0.3) is 0 Å². The summed E-state index contributed by atoms with van der Waals surface area (Å²) in [6.45, 7) is 4.63. The van der Waals surface area contributed by atoms with Gasteiger partial charge >= 0.3 is 5.97 Å². The average Bonchev–Trinajstić information content (AvgIpc) is 2.67. The number of carboxylic acids is 1. The lowest BCUT2D eigenvalue weighted by atomic mass is 9.98. The first kappa shape index (κ1) is 18.9. The van der Waals surface area contributed by atoms with Crippen molar-refractivity contribution < 1.29 is 14.6 Å². The van der Waals surface area contributed by atoms with Gasteiger partial charge in [-0.2, -0.15) is 4.98 Å². The number of aromatic nitrogens is 2. The first-order valence-electron chi connectivity index (χ1n) is 9.85. The van der Waals surface area contributed by atoms with Gasteiger partial charge < -0.3 is 14.7 Å². The highest BCUT2D eigenvalue weighted by Gasteiger charge is 2.26. The van der Waals surface area contributed by atoms with Gasteiger partial charge in [-0.3, -0.25) is 14.7 Å². The summed E-state index contributed by atoms with van der Waals surface area (Å²) in [5.74, 6) is 0.725. The number of rotatable bonds is 7. The van der Waals surface area contributed by atoms with Crippen LogP contribution in [0.4, 0.5) is 5.82 Å². The molecule has 0 spiro atoms. The third kappa shape index (κ3) is 5.06. The summed E-state index contributed by atoms with van der Waals surface area (Å²) in [6, 6.07) is 0.321. The first-order chi connectivity index (χ1) is 12.7. The van der Waals surface area contributed by atoms with Gasteiger partial charge in [-0.25, -0.2) is 0 Å². The van der Waals surface area contributed by atoms with Crippen molar-refractivity contribution in [3.8, 4) is 5.88 Å². The molecule has 7 nitrogen and oxygen atoms in total. The lowest BCUT2D eigenvalue weighted by Crippen LogP contribution is -2.46. The first-order valence-corrected chi connectivity index (χ1v) is 9.85. The smallest absolute Gasteiger partial charge is 0.317 e. The molecule has 26 heavy (non-hydrogen) atoms. The highest BCUT2D eigenvalue weighted by Crippen LogP contribution is 2.25. The third-order valence-electron chi connectivity index (χ3n) is 5.49. The Labute approximate surface area is 155 Å². The summed E-state index contributed by atoms with van der Waals surface area (Å²) in [6.07, 6.45) is 11.6. The Morgan fingerprint density at radius 1 is 1.23 bits per heavy atom. The van der Waals surface area contributed by atoms with Crippen LogP contribution in [-0.2, 0) is 4.79 Å². The van der Waals surface area contributed by atoms with E-state index in [4.69, 9.17) is 9.84 Å². The molecule has 1 aliphatic heterocycles. The summed E-state index contributed by atoms with van der Waals surface area (Å²) in [7, 11) is 0. The Morgan fingerprint density at radius 3 is 2.62 bits per heavy atom. The van der Waals surface area contributed by atoms with Crippen LogP contribution >= 0.6 is 0 Å². The zero-order valence-electron chi connectivity index (χ0n) is 15.6. The number of hydrogen-bond donors (Lipinski definition) is 1. The number of carbonyl (C=O) groups is 1. The molecule has 7 heteroatoms. The maximum atomic E-state index is 11.0. The molecule has 0 atom stereocenters. The standard InChI is InChI=1S/C19H30N4O3/c1-2-22(14-19(24)25)15-8-10-23(11-9-15)17-12-20-13-18(21-17)26-16-6-4-3-5-7-16/h12-13,15-16H,2-11,14H2,1H3,(H,24,25). The van der Waals surface area contributed by atoms with Crippen LogP contribution in [0.15, 0.2) is 12.4 Å². The van der Waals surface area contributed by atoms with E-state index in [1.54, 1.807) is 12.4 Å². The zero-order valence-corrected chi connectivity index (χ0v) is 15.6. The number of ether oxygens (including phenoxy) is 1. The largest absolute Gasteiger partial charge is 0.480 e. The normalized spacial score (nSPS) is 19.7. The topological polar surface area (TPSA) is 78.8 Å². The number of anilines is 1. The van der Waals surface area contributed by atoms with Crippen molar-refractivity contribution in [2.75, 3.05) is 31.1 Å². The molecule has 1 N–H and O–H groups in total. The van der Waals surface area contributed by atoms with Crippen LogP contribution in [0.5, 0.6) is 5.88 Å². The van der Waals surface area contributed by atoms with Crippen molar-refractivity contribution in [2.24, 2.45) is 0 Å². The van der Waals surface area contributed by atoms with Crippen LogP contribution in [0.2, 0.25) is 0 Å². The third-order valence-corrected chi connectivity index (χ3v) is 5.49. The molecule has 0 amide bonds. The monoisotopic (exact) mass is 362 g/mol. The van der Waals surface area contributed by atoms with E-state index in [0.717, 1.165) is 51.1 Å². The number of carboxylic acid groups (broad SMARTS) is 1.